The molecule has 0 aromatic carbocycles. The van der Waals surface area contributed by atoms with E-state index in [0.717, 1.165) is 19.3 Å². The summed E-state index contributed by atoms with van der Waals surface area (Å²) in [7, 11) is 0. The molecule has 0 saturated heterocycles. The molecule has 0 spiro atoms. The van der Waals surface area contributed by atoms with Gasteiger partial charge in [-0.25, -0.2) is 0 Å². The summed E-state index contributed by atoms with van der Waals surface area (Å²) < 4.78 is 0. The molecule has 4 rings (SSSR count). The van der Waals surface area contributed by atoms with E-state index >= 15 is 0 Å². The zero-order valence-corrected chi connectivity index (χ0v) is 15.5. The van der Waals surface area contributed by atoms with Crippen molar-refractivity contribution in [1.82, 2.24) is 0 Å². The maximum absolute atomic E-state index is 12.2. The number of hydrogen-bond donors (Lipinski definition) is 2. The van der Waals surface area contributed by atoms with Gasteiger partial charge in [-0.15, -0.1) is 0 Å². The van der Waals surface area contributed by atoms with Gasteiger partial charge in [0.2, 0.25) is 0 Å². The van der Waals surface area contributed by atoms with Gasteiger partial charge >= 0.3 is 0 Å². The summed E-state index contributed by atoms with van der Waals surface area (Å²) in [5, 5.41) is 22.3. The molecular weight excluding hydrogens is 316 g/mol. The molecule has 3 saturated carbocycles. The van der Waals surface area contributed by atoms with Crippen LogP contribution in [-0.2, 0) is 9.59 Å². The third-order valence-corrected chi connectivity index (χ3v) is 8.61. The summed E-state index contributed by atoms with van der Waals surface area (Å²) in [5.74, 6) is 0.813. The molecule has 0 aliphatic heterocycles. The maximum Gasteiger partial charge on any atom is 0.161 e. The number of allylic oxidation sites excluding steroid dienone is 2. The summed E-state index contributed by atoms with van der Waals surface area (Å²) in [4.78, 5) is 24.2. The van der Waals surface area contributed by atoms with Crippen molar-refractivity contribution in [1.29, 1.82) is 0 Å². The van der Waals surface area contributed by atoms with E-state index in [1.807, 2.05) is 6.92 Å². The normalized spacial score (nSPS) is 52.0. The molecule has 0 amide bonds. The molecule has 0 radical (unpaired) electrons. The van der Waals surface area contributed by atoms with Crippen LogP contribution in [0.15, 0.2) is 11.6 Å². The number of aliphatic hydroxyl groups excluding tert-OH is 1. The van der Waals surface area contributed by atoms with Crippen LogP contribution in [0.1, 0.15) is 65.7 Å². The van der Waals surface area contributed by atoms with Crippen molar-refractivity contribution >= 4 is 11.6 Å². The molecule has 6 unspecified atom stereocenters. The lowest BCUT2D eigenvalue weighted by atomic mass is 9.46. The Morgan fingerprint density at radius 1 is 1.28 bits per heavy atom. The van der Waals surface area contributed by atoms with Gasteiger partial charge in [-0.1, -0.05) is 25.5 Å². The van der Waals surface area contributed by atoms with Crippen LogP contribution in [0.25, 0.3) is 0 Å². The van der Waals surface area contributed by atoms with Crippen LogP contribution in [0.2, 0.25) is 0 Å². The van der Waals surface area contributed by atoms with Gasteiger partial charge in [0.1, 0.15) is 11.4 Å². The van der Waals surface area contributed by atoms with Gasteiger partial charge in [-0.2, -0.15) is 0 Å². The third-order valence-electron chi connectivity index (χ3n) is 8.61. The molecule has 0 aromatic rings. The Kier molecular flexibility index (Phi) is 3.66. The van der Waals surface area contributed by atoms with Crippen LogP contribution in [0.5, 0.6) is 0 Å². The smallest absolute Gasteiger partial charge is 0.161 e. The highest BCUT2D eigenvalue weighted by Gasteiger charge is 2.67. The summed E-state index contributed by atoms with van der Waals surface area (Å²) in [5.41, 5.74) is -0.760. The first-order valence-electron chi connectivity index (χ1n) is 9.76. The molecular formula is C21H30O4. The zero-order chi connectivity index (χ0) is 18.2. The van der Waals surface area contributed by atoms with Gasteiger partial charge < -0.3 is 10.2 Å². The Morgan fingerprint density at radius 3 is 2.68 bits per heavy atom. The molecule has 4 nitrogen and oxygen atoms in total. The van der Waals surface area contributed by atoms with Gasteiger partial charge in [0.15, 0.2) is 5.78 Å². The second-order valence-electron chi connectivity index (χ2n) is 9.54. The average molecular weight is 346 g/mol. The number of carbonyl (C=O) groups is 2. The Morgan fingerprint density at radius 2 is 2.00 bits per heavy atom. The van der Waals surface area contributed by atoms with Crippen molar-refractivity contribution in [2.45, 2.75) is 77.4 Å². The van der Waals surface area contributed by atoms with Crippen molar-refractivity contribution in [3.8, 4) is 0 Å². The van der Waals surface area contributed by atoms with E-state index < -0.39 is 17.1 Å². The van der Waals surface area contributed by atoms with E-state index in [1.54, 1.807) is 0 Å². The number of ketones is 2. The second-order valence-corrected chi connectivity index (χ2v) is 9.54. The van der Waals surface area contributed by atoms with Crippen molar-refractivity contribution in [2.24, 2.45) is 28.6 Å². The fourth-order valence-electron chi connectivity index (χ4n) is 7.19. The van der Waals surface area contributed by atoms with Gasteiger partial charge in [0.25, 0.3) is 0 Å². The standard InChI is InChI=1S/C21H30O4/c1-12(22)21(25)9-7-16-15-5-4-13-10-14(23)6-8-19(13,2)18(15)17(24)11-20(16,21)3/h4,15-18,24-25H,5-11H2,1-3H3/t15?,16?,17-,18?,19?,20?,21?/m0/s1. The molecule has 7 atom stereocenters. The van der Waals surface area contributed by atoms with Gasteiger partial charge in [0.05, 0.1) is 6.10 Å². The van der Waals surface area contributed by atoms with Crippen LogP contribution in [0.3, 0.4) is 0 Å². The molecule has 0 bridgehead atoms. The lowest BCUT2D eigenvalue weighted by Gasteiger charge is -2.59. The number of rotatable bonds is 1. The second kappa shape index (κ2) is 5.26. The molecule has 4 heteroatoms. The fraction of sp³-hybridized carbons (Fsp3) is 0.810. The monoisotopic (exact) mass is 346 g/mol. The largest absolute Gasteiger partial charge is 0.393 e. The van der Waals surface area contributed by atoms with Gasteiger partial charge in [-0.05, 0) is 62.2 Å². The lowest BCUT2D eigenvalue weighted by molar-refractivity contribution is -0.176. The Labute approximate surface area is 149 Å². The van der Waals surface area contributed by atoms with E-state index in [2.05, 4.69) is 13.0 Å². The topological polar surface area (TPSA) is 74.6 Å². The average Bonchev–Trinajstić information content (AvgIpc) is 2.80. The fourth-order valence-corrected chi connectivity index (χ4v) is 7.19. The summed E-state index contributed by atoms with van der Waals surface area (Å²) in [6.45, 7) is 5.72. The lowest BCUT2D eigenvalue weighted by Crippen LogP contribution is -2.61. The van der Waals surface area contributed by atoms with Crippen LogP contribution >= 0.6 is 0 Å². The molecule has 3 fully saturated rings. The van der Waals surface area contributed by atoms with E-state index in [4.69, 9.17) is 0 Å². The summed E-state index contributed by atoms with van der Waals surface area (Å²) >= 11 is 0. The van der Waals surface area contributed by atoms with E-state index in [1.165, 1.54) is 12.5 Å². The third kappa shape index (κ3) is 2.07. The van der Waals surface area contributed by atoms with Crippen molar-refractivity contribution < 1.29 is 19.8 Å². The molecule has 4 aliphatic rings. The molecule has 0 heterocycles. The number of fused-ring (bicyclic) bond motifs is 5. The van der Waals surface area contributed by atoms with E-state index in [-0.39, 0.29) is 29.0 Å². The number of aliphatic hydroxyl groups is 2. The first-order valence-corrected chi connectivity index (χ1v) is 9.76. The Balaban J connectivity index is 1.76. The van der Waals surface area contributed by atoms with Gasteiger partial charge in [0, 0.05) is 18.3 Å². The minimum absolute atomic E-state index is 0.117. The zero-order valence-electron chi connectivity index (χ0n) is 15.5. The van der Waals surface area contributed by atoms with Crippen LogP contribution < -0.4 is 0 Å². The van der Waals surface area contributed by atoms with Crippen molar-refractivity contribution in [3.05, 3.63) is 11.6 Å². The molecule has 138 valence electrons. The SMILES string of the molecule is CC(=O)C1(O)CCC2C3CC=C4CC(=O)CCC4(C)C3[C@@H](O)CC21C. The van der Waals surface area contributed by atoms with E-state index in [0.29, 0.717) is 31.5 Å². The molecule has 2 N–H and O–H groups in total. The van der Waals surface area contributed by atoms with Crippen LogP contribution in [-0.4, -0.2) is 33.5 Å². The minimum atomic E-state index is -1.31. The Hall–Kier alpha value is -1.00. The van der Waals surface area contributed by atoms with Crippen molar-refractivity contribution in [3.63, 3.8) is 0 Å². The predicted molar refractivity (Wildman–Crippen MR) is 93.7 cm³/mol. The van der Waals surface area contributed by atoms with Crippen LogP contribution in [0, 0.1) is 28.6 Å². The summed E-state index contributed by atoms with van der Waals surface area (Å²) in [6.07, 6.45) is 6.34. The first-order chi connectivity index (χ1) is 11.6. The van der Waals surface area contributed by atoms with Crippen LogP contribution in [0.4, 0.5) is 0 Å². The quantitative estimate of drug-likeness (QED) is 0.716. The predicted octanol–water partition coefficient (Wildman–Crippen LogP) is 2.81. The maximum atomic E-state index is 12.2. The summed E-state index contributed by atoms with van der Waals surface area (Å²) in [6, 6.07) is 0. The van der Waals surface area contributed by atoms with Crippen molar-refractivity contribution in [2.75, 3.05) is 0 Å². The number of Topliss-reactive ketones (excluding diaryl/α,β-unsaturated/α-hetero) is 2. The molecule has 4 aliphatic carbocycles. The molecule has 25 heavy (non-hydrogen) atoms. The first kappa shape index (κ1) is 17.4. The minimum Gasteiger partial charge on any atom is -0.393 e. The number of carbonyl (C=O) groups excluding carboxylic acids is 2. The highest BCUT2D eigenvalue weighted by atomic mass is 16.3. The highest BCUT2D eigenvalue weighted by molar-refractivity contribution is 5.86. The highest BCUT2D eigenvalue weighted by Crippen LogP contribution is 2.67. The van der Waals surface area contributed by atoms with Gasteiger partial charge in [-0.3, -0.25) is 9.59 Å². The number of hydrogen-bond acceptors (Lipinski definition) is 4. The van der Waals surface area contributed by atoms with E-state index in [9.17, 15) is 19.8 Å². The Bertz CT molecular complexity index is 667. The molecule has 0 aromatic heterocycles.